The Morgan fingerprint density at radius 1 is 1.04 bits per heavy atom. The summed E-state index contributed by atoms with van der Waals surface area (Å²) in [4.78, 5) is 26.1. The number of carbonyl (C=O) groups is 1. The van der Waals surface area contributed by atoms with E-state index in [1.807, 2.05) is 51.9 Å². The number of amides is 1. The highest BCUT2D eigenvalue weighted by molar-refractivity contribution is 5.84. The van der Waals surface area contributed by atoms with Crippen LogP contribution in [0.2, 0.25) is 0 Å². The first kappa shape index (κ1) is 17.6. The van der Waals surface area contributed by atoms with Gasteiger partial charge in [-0.15, -0.1) is 0 Å². The smallest absolute Gasteiger partial charge is 0.242 e. The second-order valence-corrected chi connectivity index (χ2v) is 6.67. The highest BCUT2D eigenvalue weighted by Gasteiger charge is 2.23. The molecule has 1 aliphatic heterocycles. The number of aromatic nitrogens is 3. The van der Waals surface area contributed by atoms with Gasteiger partial charge >= 0.3 is 0 Å². The Bertz CT molecular complexity index is 917. The van der Waals surface area contributed by atoms with E-state index in [1.165, 1.54) is 0 Å². The third-order valence-electron chi connectivity index (χ3n) is 4.98. The first-order valence-electron chi connectivity index (χ1n) is 9.24. The number of benzene rings is 1. The lowest BCUT2D eigenvalue weighted by atomic mass is 10.3. The van der Waals surface area contributed by atoms with Crippen molar-refractivity contribution in [3.63, 3.8) is 0 Å². The molecule has 4 rings (SSSR count). The minimum atomic E-state index is 0.0824. The van der Waals surface area contributed by atoms with Gasteiger partial charge in [-0.1, -0.05) is 18.2 Å². The predicted octanol–water partition coefficient (Wildman–Crippen LogP) is 1.23. The number of rotatable bonds is 5. The summed E-state index contributed by atoms with van der Waals surface area (Å²) in [6.07, 6.45) is 1.74. The molecule has 3 aromatic rings. The molecular formula is C20H23N5O2. The maximum atomic E-state index is 12.9. The summed E-state index contributed by atoms with van der Waals surface area (Å²) in [5, 5.41) is 9.07. The first-order valence-corrected chi connectivity index (χ1v) is 9.24. The van der Waals surface area contributed by atoms with Gasteiger partial charge in [-0.05, 0) is 24.3 Å². The maximum absolute atomic E-state index is 12.9. The molecule has 140 valence electrons. The number of carbonyl (C=O) groups excluding carboxylic acids is 1. The van der Waals surface area contributed by atoms with Gasteiger partial charge in [-0.2, -0.15) is 0 Å². The number of hydrogen-bond acceptors (Lipinski definition) is 5. The van der Waals surface area contributed by atoms with Crippen LogP contribution in [0.5, 0.6) is 0 Å². The molecular weight excluding hydrogens is 342 g/mol. The van der Waals surface area contributed by atoms with Gasteiger partial charge in [0.05, 0.1) is 17.6 Å². The molecule has 1 fully saturated rings. The summed E-state index contributed by atoms with van der Waals surface area (Å²) < 4.78 is 1.96. The molecule has 1 saturated heterocycles. The molecule has 0 unspecified atom stereocenters. The summed E-state index contributed by atoms with van der Waals surface area (Å²) >= 11 is 0. The number of β-amino-alcohol motifs (C(OH)–C–C–N with tert-alkyl or cyclic N) is 1. The Hall–Kier alpha value is -2.77. The van der Waals surface area contributed by atoms with E-state index >= 15 is 0 Å². The van der Waals surface area contributed by atoms with Crippen molar-refractivity contribution >= 4 is 16.9 Å². The lowest BCUT2D eigenvalue weighted by molar-refractivity contribution is -0.133. The highest BCUT2D eigenvalue weighted by atomic mass is 16.3. The maximum Gasteiger partial charge on any atom is 0.242 e. The predicted molar refractivity (Wildman–Crippen MR) is 103 cm³/mol. The average Bonchev–Trinajstić information content (AvgIpc) is 3.08. The average molecular weight is 365 g/mol. The number of imidazole rings is 1. The molecule has 0 radical (unpaired) electrons. The molecule has 1 aliphatic rings. The van der Waals surface area contributed by atoms with Crippen LogP contribution in [0.4, 0.5) is 0 Å². The van der Waals surface area contributed by atoms with Crippen molar-refractivity contribution in [1.29, 1.82) is 0 Å². The van der Waals surface area contributed by atoms with E-state index in [1.54, 1.807) is 6.20 Å². The fourth-order valence-electron chi connectivity index (χ4n) is 3.52. The van der Waals surface area contributed by atoms with Crippen LogP contribution < -0.4 is 0 Å². The molecule has 1 N–H and O–H groups in total. The number of pyridine rings is 1. The first-order chi connectivity index (χ1) is 13.3. The zero-order chi connectivity index (χ0) is 18.6. The Kier molecular flexibility index (Phi) is 5.13. The summed E-state index contributed by atoms with van der Waals surface area (Å²) in [5.74, 6) is 0.794. The lowest BCUT2D eigenvalue weighted by Gasteiger charge is -2.34. The zero-order valence-corrected chi connectivity index (χ0v) is 15.2. The molecule has 1 aromatic carbocycles. The van der Waals surface area contributed by atoms with E-state index < -0.39 is 0 Å². The van der Waals surface area contributed by atoms with Crippen molar-refractivity contribution < 1.29 is 9.90 Å². The molecule has 0 spiro atoms. The van der Waals surface area contributed by atoms with Crippen LogP contribution in [0, 0.1) is 0 Å². The summed E-state index contributed by atoms with van der Waals surface area (Å²) in [7, 11) is 0. The Morgan fingerprint density at radius 2 is 1.81 bits per heavy atom. The van der Waals surface area contributed by atoms with E-state index in [9.17, 15) is 4.79 Å². The number of fused-ring (bicyclic) bond motifs is 1. The van der Waals surface area contributed by atoms with Gasteiger partial charge in [0.25, 0.3) is 0 Å². The molecule has 7 heteroatoms. The summed E-state index contributed by atoms with van der Waals surface area (Å²) in [6.45, 7) is 4.02. The molecule has 2 aromatic heterocycles. The monoisotopic (exact) mass is 365 g/mol. The third kappa shape index (κ3) is 3.70. The second kappa shape index (κ2) is 7.85. The molecule has 27 heavy (non-hydrogen) atoms. The fraction of sp³-hybridized carbons (Fsp3) is 0.350. The number of nitrogens with zero attached hydrogens (tertiary/aromatic N) is 5. The molecule has 0 aliphatic carbocycles. The van der Waals surface area contributed by atoms with Crippen molar-refractivity contribution in [2.24, 2.45) is 0 Å². The normalized spacial score (nSPS) is 15.4. The Labute approximate surface area is 157 Å². The Morgan fingerprint density at radius 3 is 2.56 bits per heavy atom. The van der Waals surface area contributed by atoms with E-state index in [-0.39, 0.29) is 19.1 Å². The molecule has 0 atom stereocenters. The molecule has 0 bridgehead atoms. The number of para-hydroxylation sites is 2. The van der Waals surface area contributed by atoms with Gasteiger partial charge in [-0.25, -0.2) is 4.98 Å². The third-order valence-corrected chi connectivity index (χ3v) is 4.98. The van der Waals surface area contributed by atoms with Crippen molar-refractivity contribution in [3.05, 3.63) is 48.7 Å². The lowest BCUT2D eigenvalue weighted by Crippen LogP contribution is -2.50. The topological polar surface area (TPSA) is 74.5 Å². The number of aliphatic hydroxyl groups is 1. The van der Waals surface area contributed by atoms with Gasteiger partial charge in [0.1, 0.15) is 12.2 Å². The van der Waals surface area contributed by atoms with E-state index in [2.05, 4.69) is 9.88 Å². The SMILES string of the molecule is O=C(Cn1c(-c2ccccn2)nc2ccccc21)N1CCN(CCO)CC1. The number of aliphatic hydroxyl groups excluding tert-OH is 1. The van der Waals surface area contributed by atoms with Crippen LogP contribution in [-0.2, 0) is 11.3 Å². The van der Waals surface area contributed by atoms with Crippen molar-refractivity contribution in [2.75, 3.05) is 39.3 Å². The molecule has 1 amide bonds. The minimum Gasteiger partial charge on any atom is -0.395 e. The van der Waals surface area contributed by atoms with Gasteiger partial charge in [0.2, 0.25) is 5.91 Å². The minimum absolute atomic E-state index is 0.0824. The summed E-state index contributed by atoms with van der Waals surface area (Å²) in [5.41, 5.74) is 2.55. The van der Waals surface area contributed by atoms with E-state index in [4.69, 9.17) is 10.1 Å². The van der Waals surface area contributed by atoms with Gasteiger partial charge in [0, 0.05) is 38.9 Å². The molecule has 7 nitrogen and oxygen atoms in total. The van der Waals surface area contributed by atoms with Gasteiger partial charge in [-0.3, -0.25) is 14.7 Å². The van der Waals surface area contributed by atoms with Crippen LogP contribution in [0.1, 0.15) is 0 Å². The zero-order valence-electron chi connectivity index (χ0n) is 15.2. The second-order valence-electron chi connectivity index (χ2n) is 6.67. The van der Waals surface area contributed by atoms with Crippen LogP contribution in [-0.4, -0.2) is 74.7 Å². The Balaban J connectivity index is 1.59. The highest BCUT2D eigenvalue weighted by Crippen LogP contribution is 2.23. The van der Waals surface area contributed by atoms with Crippen LogP contribution in [0.15, 0.2) is 48.7 Å². The van der Waals surface area contributed by atoms with Crippen LogP contribution in [0.3, 0.4) is 0 Å². The quantitative estimate of drug-likeness (QED) is 0.736. The largest absolute Gasteiger partial charge is 0.395 e. The van der Waals surface area contributed by atoms with E-state index in [0.29, 0.717) is 25.5 Å². The summed E-state index contributed by atoms with van der Waals surface area (Å²) in [6, 6.07) is 13.6. The van der Waals surface area contributed by atoms with Crippen LogP contribution in [0.25, 0.3) is 22.6 Å². The fourth-order valence-corrected chi connectivity index (χ4v) is 3.52. The van der Waals surface area contributed by atoms with Crippen molar-refractivity contribution in [3.8, 4) is 11.5 Å². The van der Waals surface area contributed by atoms with Crippen molar-refractivity contribution in [1.82, 2.24) is 24.3 Å². The van der Waals surface area contributed by atoms with Crippen molar-refractivity contribution in [2.45, 2.75) is 6.54 Å². The molecule has 3 heterocycles. The standard InChI is InChI=1S/C20H23N5O2/c26-14-13-23-9-11-24(12-10-23)19(27)15-25-18-7-2-1-5-16(18)22-20(25)17-6-3-4-8-21-17/h1-8,26H,9-15H2. The van der Waals surface area contributed by atoms with Gasteiger partial charge < -0.3 is 14.6 Å². The van der Waals surface area contributed by atoms with E-state index in [0.717, 1.165) is 29.8 Å². The molecule has 0 saturated carbocycles. The van der Waals surface area contributed by atoms with Crippen LogP contribution >= 0.6 is 0 Å². The number of hydrogen-bond donors (Lipinski definition) is 1. The van der Waals surface area contributed by atoms with Gasteiger partial charge in [0.15, 0.2) is 5.82 Å². The number of piperazine rings is 1.